The maximum atomic E-state index is 11.7. The molecule has 0 radical (unpaired) electrons. The van der Waals surface area contributed by atoms with E-state index in [0.717, 1.165) is 6.42 Å². The van der Waals surface area contributed by atoms with Crippen LogP contribution in [0.5, 0.6) is 0 Å². The van der Waals surface area contributed by atoms with Gasteiger partial charge in [0, 0.05) is 32.1 Å². The number of hydrogen-bond donors (Lipinski definition) is 2. The number of nitrogens with zero attached hydrogens (tertiary/aromatic N) is 2. The van der Waals surface area contributed by atoms with Gasteiger partial charge in [0.1, 0.15) is 5.69 Å². The van der Waals surface area contributed by atoms with Crippen LogP contribution in [0.4, 0.5) is 11.4 Å². The molecule has 1 heterocycles. The number of carbonyl (C=O) groups is 2. The maximum absolute atomic E-state index is 11.7. The molecule has 0 aromatic heterocycles. The second-order valence-electron chi connectivity index (χ2n) is 4.97. The van der Waals surface area contributed by atoms with E-state index in [1.165, 1.54) is 11.0 Å². The van der Waals surface area contributed by atoms with Crippen LogP contribution < -0.4 is 10.6 Å². The van der Waals surface area contributed by atoms with Crippen molar-refractivity contribution in [3.8, 4) is 0 Å². The molecule has 0 unspecified atom stereocenters. The van der Waals surface area contributed by atoms with E-state index in [1.54, 1.807) is 18.2 Å². The highest BCUT2D eigenvalue weighted by atomic mass is 16.6. The van der Waals surface area contributed by atoms with Crippen molar-refractivity contribution in [1.29, 1.82) is 0 Å². The molecule has 2 amide bonds. The number of likely N-dealkylation sites (tertiary alicyclic amines) is 1. The van der Waals surface area contributed by atoms with E-state index >= 15 is 0 Å². The zero-order chi connectivity index (χ0) is 15.9. The van der Waals surface area contributed by atoms with Gasteiger partial charge in [0.15, 0.2) is 0 Å². The SMILES string of the molecule is O=C(CN1CCCC1=O)NCCNc1ccccc1[N+](=O)[O-]. The summed E-state index contributed by atoms with van der Waals surface area (Å²) >= 11 is 0. The third kappa shape index (κ3) is 4.18. The highest BCUT2D eigenvalue weighted by Crippen LogP contribution is 2.22. The van der Waals surface area contributed by atoms with Crippen LogP contribution in [0.1, 0.15) is 12.8 Å². The lowest BCUT2D eigenvalue weighted by Crippen LogP contribution is -2.39. The molecule has 0 atom stereocenters. The molecule has 1 aromatic carbocycles. The van der Waals surface area contributed by atoms with E-state index in [4.69, 9.17) is 0 Å². The summed E-state index contributed by atoms with van der Waals surface area (Å²) in [5.74, 6) is -0.215. The van der Waals surface area contributed by atoms with Gasteiger partial charge in [-0.3, -0.25) is 19.7 Å². The first kappa shape index (κ1) is 15.7. The summed E-state index contributed by atoms with van der Waals surface area (Å²) in [4.78, 5) is 35.0. The van der Waals surface area contributed by atoms with Crippen LogP contribution in [0, 0.1) is 10.1 Å². The second kappa shape index (κ2) is 7.39. The molecule has 0 saturated carbocycles. The van der Waals surface area contributed by atoms with E-state index in [0.29, 0.717) is 31.7 Å². The summed E-state index contributed by atoms with van der Waals surface area (Å²) in [6.07, 6.45) is 1.30. The number of carbonyl (C=O) groups excluding carboxylic acids is 2. The third-order valence-corrected chi connectivity index (χ3v) is 3.37. The van der Waals surface area contributed by atoms with E-state index in [2.05, 4.69) is 10.6 Å². The second-order valence-corrected chi connectivity index (χ2v) is 4.97. The molecular weight excluding hydrogens is 288 g/mol. The van der Waals surface area contributed by atoms with Gasteiger partial charge in [-0.05, 0) is 12.5 Å². The van der Waals surface area contributed by atoms with Crippen LogP contribution in [0.3, 0.4) is 0 Å². The summed E-state index contributed by atoms with van der Waals surface area (Å²) in [6.45, 7) is 1.39. The van der Waals surface area contributed by atoms with Crippen molar-refractivity contribution >= 4 is 23.2 Å². The molecule has 0 spiro atoms. The molecule has 1 fully saturated rings. The average Bonchev–Trinajstić information content (AvgIpc) is 2.89. The van der Waals surface area contributed by atoms with Crippen LogP contribution in [0.25, 0.3) is 0 Å². The number of anilines is 1. The van der Waals surface area contributed by atoms with Crippen LogP contribution in [0.2, 0.25) is 0 Å². The lowest BCUT2D eigenvalue weighted by atomic mass is 10.2. The van der Waals surface area contributed by atoms with Crippen molar-refractivity contribution in [2.24, 2.45) is 0 Å². The lowest BCUT2D eigenvalue weighted by molar-refractivity contribution is -0.384. The Morgan fingerprint density at radius 2 is 2.09 bits per heavy atom. The number of nitro groups is 1. The minimum atomic E-state index is -0.458. The standard InChI is InChI=1S/C14H18N4O4/c19-13(10-17-9-3-6-14(17)20)16-8-7-15-11-4-1-2-5-12(11)18(21)22/h1-2,4-5,15H,3,6-10H2,(H,16,19). The van der Waals surface area contributed by atoms with Crippen molar-refractivity contribution in [3.63, 3.8) is 0 Å². The Balaban J connectivity index is 1.72. The number of hydrogen-bond acceptors (Lipinski definition) is 5. The fraction of sp³-hybridized carbons (Fsp3) is 0.429. The minimum absolute atomic E-state index is 0.00325. The number of rotatable bonds is 7. The van der Waals surface area contributed by atoms with Crippen molar-refractivity contribution in [1.82, 2.24) is 10.2 Å². The quantitative estimate of drug-likeness (QED) is 0.439. The van der Waals surface area contributed by atoms with Crippen LogP contribution in [-0.2, 0) is 9.59 Å². The summed E-state index contributed by atoms with van der Waals surface area (Å²) in [5.41, 5.74) is 0.410. The topological polar surface area (TPSA) is 105 Å². The van der Waals surface area contributed by atoms with Crippen LogP contribution in [-0.4, -0.2) is 47.8 Å². The molecule has 1 aromatic rings. The maximum Gasteiger partial charge on any atom is 0.292 e. The predicted molar refractivity (Wildman–Crippen MR) is 80.4 cm³/mol. The zero-order valence-electron chi connectivity index (χ0n) is 12.1. The number of benzene rings is 1. The van der Waals surface area contributed by atoms with Crippen LogP contribution >= 0.6 is 0 Å². The molecule has 8 nitrogen and oxygen atoms in total. The Hall–Kier alpha value is -2.64. The van der Waals surface area contributed by atoms with Crippen molar-refractivity contribution < 1.29 is 14.5 Å². The molecule has 1 aliphatic heterocycles. The molecule has 1 saturated heterocycles. The first-order valence-corrected chi connectivity index (χ1v) is 7.09. The van der Waals surface area contributed by atoms with Gasteiger partial charge in [0.2, 0.25) is 11.8 Å². The van der Waals surface area contributed by atoms with Gasteiger partial charge in [0.05, 0.1) is 11.5 Å². The molecule has 2 rings (SSSR count). The molecule has 8 heteroatoms. The summed E-state index contributed by atoms with van der Waals surface area (Å²) < 4.78 is 0. The van der Waals surface area contributed by atoms with Crippen molar-refractivity contribution in [2.45, 2.75) is 12.8 Å². The largest absolute Gasteiger partial charge is 0.378 e. The molecular formula is C14H18N4O4. The highest BCUT2D eigenvalue weighted by molar-refractivity contribution is 5.85. The van der Waals surface area contributed by atoms with Crippen molar-refractivity contribution in [2.75, 3.05) is 31.5 Å². The molecule has 0 bridgehead atoms. The average molecular weight is 306 g/mol. The first-order valence-electron chi connectivity index (χ1n) is 7.09. The Labute approximate surface area is 127 Å². The van der Waals surface area contributed by atoms with E-state index in [-0.39, 0.29) is 24.0 Å². The van der Waals surface area contributed by atoms with E-state index in [1.807, 2.05) is 0 Å². The zero-order valence-corrected chi connectivity index (χ0v) is 12.1. The number of nitrogens with one attached hydrogen (secondary N) is 2. The Bertz CT molecular complexity index is 576. The molecule has 2 N–H and O–H groups in total. The smallest absolute Gasteiger partial charge is 0.292 e. The van der Waals surface area contributed by atoms with E-state index < -0.39 is 4.92 Å². The van der Waals surface area contributed by atoms with E-state index in [9.17, 15) is 19.7 Å². The predicted octanol–water partition coefficient (Wildman–Crippen LogP) is 0.745. The molecule has 1 aliphatic rings. The number of amides is 2. The van der Waals surface area contributed by atoms with Gasteiger partial charge in [0.25, 0.3) is 5.69 Å². The fourth-order valence-corrected chi connectivity index (χ4v) is 2.28. The fourth-order valence-electron chi connectivity index (χ4n) is 2.28. The summed E-state index contributed by atoms with van der Waals surface area (Å²) in [6, 6.07) is 6.33. The summed E-state index contributed by atoms with van der Waals surface area (Å²) in [7, 11) is 0. The molecule has 118 valence electrons. The van der Waals surface area contributed by atoms with Gasteiger partial charge >= 0.3 is 0 Å². The Morgan fingerprint density at radius 1 is 1.32 bits per heavy atom. The van der Waals surface area contributed by atoms with Gasteiger partial charge < -0.3 is 15.5 Å². The van der Waals surface area contributed by atoms with Crippen molar-refractivity contribution in [3.05, 3.63) is 34.4 Å². The normalized spacial score (nSPS) is 14.0. The van der Waals surface area contributed by atoms with Gasteiger partial charge in [-0.25, -0.2) is 0 Å². The van der Waals surface area contributed by atoms with Gasteiger partial charge in [-0.15, -0.1) is 0 Å². The Morgan fingerprint density at radius 3 is 2.77 bits per heavy atom. The number of para-hydroxylation sites is 2. The third-order valence-electron chi connectivity index (χ3n) is 3.37. The van der Waals surface area contributed by atoms with Crippen LogP contribution in [0.15, 0.2) is 24.3 Å². The molecule has 22 heavy (non-hydrogen) atoms. The monoisotopic (exact) mass is 306 g/mol. The number of nitro benzene ring substituents is 1. The lowest BCUT2D eigenvalue weighted by Gasteiger charge is -2.15. The summed E-state index contributed by atoms with van der Waals surface area (Å²) in [5, 5.41) is 16.4. The highest BCUT2D eigenvalue weighted by Gasteiger charge is 2.22. The minimum Gasteiger partial charge on any atom is -0.378 e. The van der Waals surface area contributed by atoms with Gasteiger partial charge in [-0.1, -0.05) is 12.1 Å². The molecule has 0 aliphatic carbocycles. The van der Waals surface area contributed by atoms with Gasteiger partial charge in [-0.2, -0.15) is 0 Å². The first-order chi connectivity index (χ1) is 10.6. The Kier molecular flexibility index (Phi) is 5.29.